The Morgan fingerprint density at radius 2 is 2.24 bits per heavy atom. The average Bonchev–Trinajstić information content (AvgIpc) is 3.06. The highest BCUT2D eigenvalue weighted by molar-refractivity contribution is 7.09. The summed E-state index contributed by atoms with van der Waals surface area (Å²) < 4.78 is 0. The number of thiophene rings is 1. The molecule has 0 aromatic carbocycles. The molecule has 0 atom stereocenters. The van der Waals surface area contributed by atoms with Gasteiger partial charge in [0.25, 0.3) is 0 Å². The van der Waals surface area contributed by atoms with E-state index in [-0.39, 0.29) is 0 Å². The van der Waals surface area contributed by atoms with E-state index in [0.717, 1.165) is 43.9 Å². The first kappa shape index (κ1) is 14.1. The Kier molecular flexibility index (Phi) is 4.84. The Morgan fingerprint density at radius 3 is 2.95 bits per heavy atom. The summed E-state index contributed by atoms with van der Waals surface area (Å²) in [6.45, 7) is 2.55. The average molecular weight is 300 g/mol. The van der Waals surface area contributed by atoms with Gasteiger partial charge in [-0.2, -0.15) is 0 Å². The monoisotopic (exact) mass is 300 g/mol. The standard InChI is InChI=1S/C16H18N3OS/c1-2-9-17-16(5-1)19-10-6-14(7-11-19)18-20-12-8-15-4-3-13-21-15/h1,3-5,9,13H,6-8,10-12H2. The van der Waals surface area contributed by atoms with Crippen molar-refractivity contribution in [2.75, 3.05) is 24.6 Å². The summed E-state index contributed by atoms with van der Waals surface area (Å²) in [4.78, 5) is 13.4. The third-order valence-electron chi connectivity index (χ3n) is 3.48. The first-order chi connectivity index (χ1) is 10.4. The smallest absolute Gasteiger partial charge is 0.128 e. The SMILES string of the molecule is [c]1ccc(N2CCC(=NOCCc3cccs3)CC2)nc1. The molecule has 0 bridgehead atoms. The Morgan fingerprint density at radius 1 is 1.33 bits per heavy atom. The summed E-state index contributed by atoms with van der Waals surface area (Å²) in [5.41, 5.74) is 1.15. The normalized spacial score (nSPS) is 15.0. The van der Waals surface area contributed by atoms with Crippen molar-refractivity contribution in [2.24, 2.45) is 5.16 Å². The number of rotatable bonds is 5. The van der Waals surface area contributed by atoms with Gasteiger partial charge in [0.05, 0.1) is 5.71 Å². The van der Waals surface area contributed by atoms with Crippen molar-refractivity contribution in [3.63, 3.8) is 0 Å². The quantitative estimate of drug-likeness (QED) is 0.629. The molecule has 0 spiro atoms. The van der Waals surface area contributed by atoms with Crippen molar-refractivity contribution in [3.05, 3.63) is 46.8 Å². The van der Waals surface area contributed by atoms with Crippen LogP contribution in [-0.2, 0) is 11.3 Å². The van der Waals surface area contributed by atoms with E-state index in [2.05, 4.69) is 38.6 Å². The molecule has 0 unspecified atom stereocenters. The van der Waals surface area contributed by atoms with Gasteiger partial charge in [-0.25, -0.2) is 4.98 Å². The van der Waals surface area contributed by atoms with E-state index in [1.807, 2.05) is 12.1 Å². The lowest BCUT2D eigenvalue weighted by Gasteiger charge is -2.28. The fourth-order valence-electron chi connectivity index (χ4n) is 2.32. The number of nitrogens with zero attached hydrogens (tertiary/aromatic N) is 3. The number of piperidine rings is 1. The van der Waals surface area contributed by atoms with Gasteiger partial charge < -0.3 is 9.74 Å². The van der Waals surface area contributed by atoms with E-state index in [1.54, 1.807) is 17.5 Å². The van der Waals surface area contributed by atoms with Gasteiger partial charge in [-0.15, -0.1) is 11.3 Å². The van der Waals surface area contributed by atoms with Crippen molar-refractivity contribution in [1.82, 2.24) is 4.98 Å². The van der Waals surface area contributed by atoms with Crippen molar-refractivity contribution in [3.8, 4) is 0 Å². The fourth-order valence-corrected chi connectivity index (χ4v) is 3.01. The second kappa shape index (κ2) is 7.22. The summed E-state index contributed by atoms with van der Waals surface area (Å²) in [6.07, 6.45) is 4.54. The Labute approximate surface area is 129 Å². The predicted octanol–water partition coefficient (Wildman–Crippen LogP) is 3.16. The minimum absolute atomic E-state index is 0.657. The number of hydrogen-bond donors (Lipinski definition) is 0. The highest BCUT2D eigenvalue weighted by Crippen LogP contribution is 2.16. The van der Waals surface area contributed by atoms with Gasteiger partial charge >= 0.3 is 0 Å². The maximum Gasteiger partial charge on any atom is 0.128 e. The molecule has 0 amide bonds. The number of anilines is 1. The Balaban J connectivity index is 1.42. The first-order valence-electron chi connectivity index (χ1n) is 7.19. The van der Waals surface area contributed by atoms with Crippen LogP contribution in [0.4, 0.5) is 5.82 Å². The molecule has 4 nitrogen and oxygen atoms in total. The van der Waals surface area contributed by atoms with Crippen molar-refractivity contribution in [2.45, 2.75) is 19.3 Å². The zero-order valence-electron chi connectivity index (χ0n) is 11.9. The van der Waals surface area contributed by atoms with E-state index in [9.17, 15) is 0 Å². The van der Waals surface area contributed by atoms with E-state index < -0.39 is 0 Å². The van der Waals surface area contributed by atoms with Crippen molar-refractivity contribution in [1.29, 1.82) is 0 Å². The number of oxime groups is 1. The zero-order valence-corrected chi connectivity index (χ0v) is 12.7. The van der Waals surface area contributed by atoms with Gasteiger partial charge in [0.1, 0.15) is 12.4 Å². The largest absolute Gasteiger partial charge is 0.395 e. The minimum atomic E-state index is 0.657. The first-order valence-corrected chi connectivity index (χ1v) is 8.07. The van der Waals surface area contributed by atoms with Crippen LogP contribution in [0.15, 0.2) is 41.0 Å². The lowest BCUT2D eigenvalue weighted by Crippen LogP contribution is -2.34. The third kappa shape index (κ3) is 4.04. The van der Waals surface area contributed by atoms with Crippen LogP contribution >= 0.6 is 11.3 Å². The van der Waals surface area contributed by atoms with Gasteiger partial charge in [-0.05, 0) is 23.6 Å². The highest BCUT2D eigenvalue weighted by atomic mass is 32.1. The molecule has 0 aliphatic carbocycles. The molecule has 0 saturated carbocycles. The molecule has 1 saturated heterocycles. The summed E-state index contributed by atoms with van der Waals surface area (Å²) in [7, 11) is 0. The molecule has 3 heterocycles. The maximum atomic E-state index is 5.44. The topological polar surface area (TPSA) is 37.7 Å². The lowest BCUT2D eigenvalue weighted by molar-refractivity contribution is 0.146. The second-order valence-electron chi connectivity index (χ2n) is 4.92. The molecule has 1 aliphatic rings. The Bertz CT molecular complexity index is 558. The van der Waals surface area contributed by atoms with Crippen LogP contribution in [0.1, 0.15) is 17.7 Å². The molecule has 109 valence electrons. The van der Waals surface area contributed by atoms with Crippen LogP contribution in [0.5, 0.6) is 0 Å². The molecule has 2 aromatic rings. The molecule has 1 fully saturated rings. The fraction of sp³-hybridized carbons (Fsp3) is 0.375. The van der Waals surface area contributed by atoms with E-state index >= 15 is 0 Å². The van der Waals surface area contributed by atoms with Gasteiger partial charge in [-0.3, -0.25) is 0 Å². The summed E-state index contributed by atoms with van der Waals surface area (Å²) in [5.74, 6) is 1.02. The molecule has 1 radical (unpaired) electrons. The van der Waals surface area contributed by atoms with Crippen molar-refractivity contribution < 1.29 is 4.84 Å². The van der Waals surface area contributed by atoms with Gasteiger partial charge in [0.15, 0.2) is 0 Å². The molecule has 1 aliphatic heterocycles. The second-order valence-corrected chi connectivity index (χ2v) is 5.96. The lowest BCUT2D eigenvalue weighted by atomic mass is 10.1. The predicted molar refractivity (Wildman–Crippen MR) is 85.9 cm³/mol. The van der Waals surface area contributed by atoms with E-state index in [0.29, 0.717) is 6.61 Å². The van der Waals surface area contributed by atoms with Crippen LogP contribution < -0.4 is 4.90 Å². The summed E-state index contributed by atoms with van der Waals surface area (Å²) >= 11 is 1.76. The zero-order chi connectivity index (χ0) is 14.3. The number of hydrogen-bond acceptors (Lipinski definition) is 5. The van der Waals surface area contributed by atoms with Crippen LogP contribution in [0, 0.1) is 6.07 Å². The minimum Gasteiger partial charge on any atom is -0.395 e. The van der Waals surface area contributed by atoms with Crippen molar-refractivity contribution >= 4 is 22.9 Å². The molecule has 21 heavy (non-hydrogen) atoms. The summed E-state index contributed by atoms with van der Waals surface area (Å²) in [6, 6.07) is 11.0. The molecule has 5 heteroatoms. The van der Waals surface area contributed by atoms with Gasteiger partial charge in [-0.1, -0.05) is 11.2 Å². The molecule has 3 rings (SSSR count). The van der Waals surface area contributed by atoms with Gasteiger partial charge in [0, 0.05) is 49.5 Å². The summed E-state index contributed by atoms with van der Waals surface area (Å²) in [5, 5.41) is 6.37. The highest BCUT2D eigenvalue weighted by Gasteiger charge is 2.16. The molecule has 0 N–H and O–H groups in total. The molecular weight excluding hydrogens is 282 g/mol. The van der Waals surface area contributed by atoms with E-state index in [1.165, 1.54) is 4.88 Å². The van der Waals surface area contributed by atoms with Crippen LogP contribution in [-0.4, -0.2) is 30.4 Å². The maximum absolute atomic E-state index is 5.44. The van der Waals surface area contributed by atoms with Crippen LogP contribution in [0.3, 0.4) is 0 Å². The van der Waals surface area contributed by atoms with Gasteiger partial charge in [0.2, 0.25) is 0 Å². The third-order valence-corrected chi connectivity index (χ3v) is 4.41. The molecule has 2 aromatic heterocycles. The Hall–Kier alpha value is -1.88. The molecular formula is C16H18N3OS. The number of aromatic nitrogens is 1. The number of pyridine rings is 1. The van der Waals surface area contributed by atoms with E-state index in [4.69, 9.17) is 4.84 Å². The van der Waals surface area contributed by atoms with Crippen LogP contribution in [0.25, 0.3) is 0 Å². The van der Waals surface area contributed by atoms with Crippen LogP contribution in [0.2, 0.25) is 0 Å².